The molecular formula is C9H22N2O2. The van der Waals surface area contributed by atoms with Crippen LogP contribution in [0.5, 0.6) is 0 Å². The van der Waals surface area contributed by atoms with Crippen LogP contribution < -0.4 is 5.48 Å². The van der Waals surface area contributed by atoms with Crippen LogP contribution in [0.1, 0.15) is 26.2 Å². The molecule has 0 aliphatic heterocycles. The van der Waals surface area contributed by atoms with Gasteiger partial charge in [-0.2, -0.15) is 5.48 Å². The van der Waals surface area contributed by atoms with E-state index in [-0.39, 0.29) is 0 Å². The molecule has 0 spiro atoms. The molecule has 0 amide bonds. The molecule has 0 aliphatic carbocycles. The molecule has 0 rings (SSSR count). The van der Waals surface area contributed by atoms with Crippen LogP contribution in [0.2, 0.25) is 0 Å². The monoisotopic (exact) mass is 190 g/mol. The van der Waals surface area contributed by atoms with Gasteiger partial charge in [-0.15, -0.1) is 0 Å². The maximum absolute atomic E-state index is 9.29. The van der Waals surface area contributed by atoms with E-state index in [1.54, 1.807) is 0 Å². The molecule has 1 atom stereocenters. The van der Waals surface area contributed by atoms with Crippen LogP contribution in [0.4, 0.5) is 0 Å². The van der Waals surface area contributed by atoms with Crippen LogP contribution in [0, 0.1) is 0 Å². The van der Waals surface area contributed by atoms with Crippen LogP contribution in [-0.2, 0) is 4.84 Å². The summed E-state index contributed by atoms with van der Waals surface area (Å²) in [6, 6.07) is 0. The third-order valence-corrected chi connectivity index (χ3v) is 1.63. The van der Waals surface area contributed by atoms with Crippen LogP contribution in [0.3, 0.4) is 0 Å². The van der Waals surface area contributed by atoms with Crippen LogP contribution >= 0.6 is 0 Å². The fourth-order valence-electron chi connectivity index (χ4n) is 0.898. The minimum absolute atomic E-state index is 0.675. The molecule has 0 aliphatic rings. The fourth-order valence-corrected chi connectivity index (χ4v) is 0.898. The van der Waals surface area contributed by atoms with Gasteiger partial charge in [0.2, 0.25) is 0 Å². The maximum Gasteiger partial charge on any atom is 0.174 e. The first kappa shape index (κ1) is 12.8. The van der Waals surface area contributed by atoms with Gasteiger partial charge in [0.15, 0.2) is 6.29 Å². The van der Waals surface area contributed by atoms with Gasteiger partial charge in [-0.05, 0) is 33.5 Å². The van der Waals surface area contributed by atoms with Gasteiger partial charge in [-0.25, -0.2) is 0 Å². The van der Waals surface area contributed by atoms with Gasteiger partial charge in [0, 0.05) is 13.0 Å². The Balaban J connectivity index is 3.15. The Bertz CT molecular complexity index is 110. The number of aliphatic hydroxyl groups excluding tert-OH is 1. The second-order valence-electron chi connectivity index (χ2n) is 3.41. The zero-order valence-corrected chi connectivity index (χ0v) is 8.92. The summed E-state index contributed by atoms with van der Waals surface area (Å²) >= 11 is 0. The Morgan fingerprint density at radius 1 is 1.46 bits per heavy atom. The first-order chi connectivity index (χ1) is 6.16. The summed E-state index contributed by atoms with van der Waals surface area (Å²) in [4.78, 5) is 7.04. The lowest BCUT2D eigenvalue weighted by molar-refractivity contribution is -0.150. The second kappa shape index (κ2) is 8.44. The number of hydrogen-bond acceptors (Lipinski definition) is 4. The van der Waals surface area contributed by atoms with E-state index < -0.39 is 6.29 Å². The summed E-state index contributed by atoms with van der Waals surface area (Å²) in [5.41, 5.74) is 2.71. The highest BCUT2D eigenvalue weighted by Crippen LogP contribution is 1.97. The number of hydroxylamine groups is 1. The SMILES string of the molecule is CCCNO[C@H](O)CCCN(C)C. The highest BCUT2D eigenvalue weighted by atomic mass is 16.7. The average molecular weight is 190 g/mol. The molecule has 0 aromatic heterocycles. The van der Waals surface area contributed by atoms with E-state index in [2.05, 4.69) is 17.3 Å². The number of rotatable bonds is 8. The predicted molar refractivity (Wildman–Crippen MR) is 53.2 cm³/mol. The topological polar surface area (TPSA) is 44.7 Å². The molecule has 0 fully saturated rings. The number of hydrogen-bond donors (Lipinski definition) is 2. The van der Waals surface area contributed by atoms with Gasteiger partial charge < -0.3 is 10.0 Å². The van der Waals surface area contributed by atoms with Gasteiger partial charge >= 0.3 is 0 Å². The Labute approximate surface area is 80.8 Å². The summed E-state index contributed by atoms with van der Waals surface area (Å²) in [5.74, 6) is 0. The molecular weight excluding hydrogens is 168 g/mol. The summed E-state index contributed by atoms with van der Waals surface area (Å²) in [5, 5.41) is 9.29. The molecule has 13 heavy (non-hydrogen) atoms. The van der Waals surface area contributed by atoms with Gasteiger partial charge in [0.25, 0.3) is 0 Å². The van der Waals surface area contributed by atoms with E-state index >= 15 is 0 Å². The zero-order valence-electron chi connectivity index (χ0n) is 8.92. The van der Waals surface area contributed by atoms with E-state index in [4.69, 9.17) is 4.84 Å². The van der Waals surface area contributed by atoms with Crippen LogP contribution in [-0.4, -0.2) is 43.5 Å². The summed E-state index contributed by atoms with van der Waals surface area (Å²) in [7, 11) is 4.03. The van der Waals surface area contributed by atoms with Crippen LogP contribution in [0.25, 0.3) is 0 Å². The smallest absolute Gasteiger partial charge is 0.174 e. The van der Waals surface area contributed by atoms with E-state index in [0.29, 0.717) is 6.42 Å². The van der Waals surface area contributed by atoms with Crippen LogP contribution in [0.15, 0.2) is 0 Å². The van der Waals surface area contributed by atoms with E-state index in [9.17, 15) is 5.11 Å². The van der Waals surface area contributed by atoms with Crippen molar-refractivity contribution in [1.29, 1.82) is 0 Å². The molecule has 4 heteroatoms. The Hall–Kier alpha value is -0.160. The van der Waals surface area contributed by atoms with E-state index in [1.807, 2.05) is 14.1 Å². The third kappa shape index (κ3) is 9.76. The van der Waals surface area contributed by atoms with Crippen molar-refractivity contribution < 1.29 is 9.94 Å². The number of nitrogens with one attached hydrogen (secondary N) is 1. The lowest BCUT2D eigenvalue weighted by Gasteiger charge is -2.13. The summed E-state index contributed by atoms with van der Waals surface area (Å²) in [6.07, 6.45) is 1.95. The van der Waals surface area contributed by atoms with E-state index in [1.165, 1.54) is 0 Å². The van der Waals surface area contributed by atoms with Crippen molar-refractivity contribution >= 4 is 0 Å². The number of nitrogens with zero attached hydrogens (tertiary/aromatic N) is 1. The summed E-state index contributed by atoms with van der Waals surface area (Å²) in [6.45, 7) is 3.81. The molecule has 0 saturated carbocycles. The van der Waals surface area contributed by atoms with Crippen molar-refractivity contribution in [3.05, 3.63) is 0 Å². The van der Waals surface area contributed by atoms with Crippen molar-refractivity contribution in [3.63, 3.8) is 0 Å². The molecule has 0 aromatic rings. The fraction of sp³-hybridized carbons (Fsp3) is 1.00. The predicted octanol–water partition coefficient (Wildman–Crippen LogP) is 0.578. The molecule has 0 heterocycles. The third-order valence-electron chi connectivity index (χ3n) is 1.63. The number of aliphatic hydroxyl groups is 1. The first-order valence-electron chi connectivity index (χ1n) is 4.88. The second-order valence-corrected chi connectivity index (χ2v) is 3.41. The molecule has 2 N–H and O–H groups in total. The van der Waals surface area contributed by atoms with Crippen molar-refractivity contribution in [1.82, 2.24) is 10.4 Å². The van der Waals surface area contributed by atoms with E-state index in [0.717, 1.165) is 25.9 Å². The summed E-state index contributed by atoms with van der Waals surface area (Å²) < 4.78 is 0. The molecule has 0 radical (unpaired) electrons. The average Bonchev–Trinajstić information content (AvgIpc) is 2.04. The van der Waals surface area contributed by atoms with Crippen molar-refractivity contribution in [2.45, 2.75) is 32.5 Å². The maximum atomic E-state index is 9.29. The Morgan fingerprint density at radius 3 is 2.69 bits per heavy atom. The molecule has 0 saturated heterocycles. The Kier molecular flexibility index (Phi) is 8.33. The molecule has 0 bridgehead atoms. The lowest BCUT2D eigenvalue weighted by Crippen LogP contribution is -2.25. The van der Waals surface area contributed by atoms with Gasteiger partial charge in [0.05, 0.1) is 0 Å². The molecule has 0 unspecified atom stereocenters. The zero-order chi connectivity index (χ0) is 10.1. The van der Waals surface area contributed by atoms with Crippen molar-refractivity contribution in [3.8, 4) is 0 Å². The highest BCUT2D eigenvalue weighted by Gasteiger charge is 2.03. The standard InChI is InChI=1S/C9H22N2O2/c1-4-7-10-13-9(12)6-5-8-11(2)3/h9-10,12H,4-8H2,1-3H3/t9-/m0/s1. The van der Waals surface area contributed by atoms with Crippen molar-refractivity contribution in [2.75, 3.05) is 27.2 Å². The first-order valence-corrected chi connectivity index (χ1v) is 4.88. The highest BCUT2D eigenvalue weighted by molar-refractivity contribution is 4.47. The molecule has 4 nitrogen and oxygen atoms in total. The van der Waals surface area contributed by atoms with Crippen molar-refractivity contribution in [2.24, 2.45) is 0 Å². The quantitative estimate of drug-likeness (QED) is 0.334. The largest absolute Gasteiger partial charge is 0.366 e. The Morgan fingerprint density at radius 2 is 2.15 bits per heavy atom. The normalized spacial score (nSPS) is 13.6. The molecule has 0 aromatic carbocycles. The van der Waals surface area contributed by atoms with Gasteiger partial charge in [0.1, 0.15) is 0 Å². The van der Waals surface area contributed by atoms with Gasteiger partial charge in [-0.1, -0.05) is 6.92 Å². The molecule has 80 valence electrons. The van der Waals surface area contributed by atoms with Gasteiger partial charge in [-0.3, -0.25) is 4.84 Å². The lowest BCUT2D eigenvalue weighted by atomic mass is 10.3. The minimum Gasteiger partial charge on any atom is -0.366 e. The minimum atomic E-state index is -0.675.